The van der Waals surface area contributed by atoms with Crippen molar-refractivity contribution in [1.29, 1.82) is 0 Å². The van der Waals surface area contributed by atoms with E-state index in [0.29, 0.717) is 6.61 Å². The van der Waals surface area contributed by atoms with E-state index in [1.807, 2.05) is 19.1 Å². The number of nitrogens with one attached hydrogen (secondary N) is 1. The van der Waals surface area contributed by atoms with Crippen molar-refractivity contribution in [2.45, 2.75) is 57.7 Å². The summed E-state index contributed by atoms with van der Waals surface area (Å²) >= 11 is 0. The highest BCUT2D eigenvalue weighted by molar-refractivity contribution is 5.29. The zero-order valence-corrected chi connectivity index (χ0v) is 11.9. The van der Waals surface area contributed by atoms with Crippen LogP contribution in [0.4, 0.5) is 0 Å². The molecule has 2 N–H and O–H groups in total. The summed E-state index contributed by atoms with van der Waals surface area (Å²) in [5.74, 6) is 0.913. The van der Waals surface area contributed by atoms with Crippen molar-refractivity contribution in [2.24, 2.45) is 0 Å². The molecule has 1 aromatic carbocycles. The summed E-state index contributed by atoms with van der Waals surface area (Å²) in [7, 11) is 0. The number of benzene rings is 1. The van der Waals surface area contributed by atoms with Crippen LogP contribution in [0.15, 0.2) is 24.3 Å². The van der Waals surface area contributed by atoms with Gasteiger partial charge < -0.3 is 15.2 Å². The summed E-state index contributed by atoms with van der Waals surface area (Å²) in [5, 5.41) is 13.5. The molecule has 2 rings (SSSR count). The summed E-state index contributed by atoms with van der Waals surface area (Å²) in [6.45, 7) is 4.83. The van der Waals surface area contributed by atoms with Crippen molar-refractivity contribution in [2.75, 3.05) is 6.61 Å². The van der Waals surface area contributed by atoms with E-state index in [9.17, 15) is 5.11 Å². The van der Waals surface area contributed by atoms with Gasteiger partial charge in [0.05, 0.1) is 12.7 Å². The Kier molecular flexibility index (Phi) is 5.23. The molecular weight excluding hydrogens is 238 g/mol. The van der Waals surface area contributed by atoms with Gasteiger partial charge in [0.25, 0.3) is 0 Å². The van der Waals surface area contributed by atoms with Crippen molar-refractivity contribution in [1.82, 2.24) is 5.32 Å². The number of hydrogen-bond acceptors (Lipinski definition) is 3. The molecular formula is C16H25NO2. The lowest BCUT2D eigenvalue weighted by Gasteiger charge is -2.31. The number of hydrogen-bond donors (Lipinski definition) is 2. The Balaban J connectivity index is 1.93. The molecule has 0 spiro atoms. The molecule has 0 radical (unpaired) electrons. The standard InChI is InChI=1S/C16H25NO2/c1-3-19-14-10-8-13(9-11-14)12(2)17-15-6-4-5-7-16(15)18/h8-12,15-18H,3-7H2,1-2H3. The Bertz CT molecular complexity index is 377. The molecule has 1 saturated carbocycles. The highest BCUT2D eigenvalue weighted by Crippen LogP contribution is 2.23. The second-order valence-corrected chi connectivity index (χ2v) is 5.35. The Morgan fingerprint density at radius 1 is 1.26 bits per heavy atom. The van der Waals surface area contributed by atoms with E-state index in [2.05, 4.69) is 24.4 Å². The number of rotatable bonds is 5. The van der Waals surface area contributed by atoms with E-state index < -0.39 is 0 Å². The number of aliphatic hydroxyl groups excluding tert-OH is 1. The molecule has 0 heterocycles. The number of ether oxygens (including phenoxy) is 1. The second kappa shape index (κ2) is 6.92. The van der Waals surface area contributed by atoms with E-state index in [1.54, 1.807) is 0 Å². The molecule has 3 nitrogen and oxygen atoms in total. The molecule has 0 aliphatic heterocycles. The average Bonchev–Trinajstić information content (AvgIpc) is 2.42. The zero-order valence-electron chi connectivity index (χ0n) is 11.9. The zero-order chi connectivity index (χ0) is 13.7. The lowest BCUT2D eigenvalue weighted by atomic mass is 9.91. The summed E-state index contributed by atoms with van der Waals surface area (Å²) in [5.41, 5.74) is 1.24. The minimum Gasteiger partial charge on any atom is -0.494 e. The van der Waals surface area contributed by atoms with Crippen LogP contribution in [-0.2, 0) is 0 Å². The SMILES string of the molecule is CCOc1ccc(C(C)NC2CCCCC2O)cc1. The second-order valence-electron chi connectivity index (χ2n) is 5.35. The third-order valence-corrected chi connectivity index (χ3v) is 3.88. The highest BCUT2D eigenvalue weighted by atomic mass is 16.5. The van der Waals surface area contributed by atoms with Gasteiger partial charge in [-0.25, -0.2) is 0 Å². The summed E-state index contributed by atoms with van der Waals surface area (Å²) in [4.78, 5) is 0. The molecule has 19 heavy (non-hydrogen) atoms. The van der Waals surface area contributed by atoms with Crippen molar-refractivity contribution in [3.8, 4) is 5.75 Å². The predicted octanol–water partition coefficient (Wildman–Crippen LogP) is 3.04. The molecule has 1 aromatic rings. The van der Waals surface area contributed by atoms with Gasteiger partial charge in [-0.1, -0.05) is 25.0 Å². The van der Waals surface area contributed by atoms with E-state index in [1.165, 1.54) is 12.0 Å². The fourth-order valence-corrected chi connectivity index (χ4v) is 2.74. The van der Waals surface area contributed by atoms with Crippen LogP contribution in [0, 0.1) is 0 Å². The number of aliphatic hydroxyl groups is 1. The van der Waals surface area contributed by atoms with Gasteiger partial charge in [0.1, 0.15) is 5.75 Å². The molecule has 3 unspecified atom stereocenters. The van der Waals surface area contributed by atoms with Crippen LogP contribution >= 0.6 is 0 Å². The van der Waals surface area contributed by atoms with E-state index in [0.717, 1.165) is 25.0 Å². The van der Waals surface area contributed by atoms with Gasteiger partial charge in [-0.2, -0.15) is 0 Å². The van der Waals surface area contributed by atoms with Crippen molar-refractivity contribution in [3.05, 3.63) is 29.8 Å². The van der Waals surface area contributed by atoms with Crippen molar-refractivity contribution in [3.63, 3.8) is 0 Å². The molecule has 1 fully saturated rings. The average molecular weight is 263 g/mol. The Morgan fingerprint density at radius 3 is 2.58 bits per heavy atom. The first kappa shape index (κ1) is 14.4. The van der Waals surface area contributed by atoms with Gasteiger partial charge in [0.15, 0.2) is 0 Å². The lowest BCUT2D eigenvalue weighted by Crippen LogP contribution is -2.43. The fraction of sp³-hybridized carbons (Fsp3) is 0.625. The smallest absolute Gasteiger partial charge is 0.119 e. The van der Waals surface area contributed by atoms with Crippen LogP contribution in [0.1, 0.15) is 51.1 Å². The fourth-order valence-electron chi connectivity index (χ4n) is 2.74. The van der Waals surface area contributed by atoms with Gasteiger partial charge in [-0.3, -0.25) is 0 Å². The normalized spacial score (nSPS) is 25.0. The van der Waals surface area contributed by atoms with Gasteiger partial charge in [-0.05, 0) is 44.4 Å². The topological polar surface area (TPSA) is 41.5 Å². The quantitative estimate of drug-likeness (QED) is 0.858. The van der Waals surface area contributed by atoms with Gasteiger partial charge in [-0.15, -0.1) is 0 Å². The van der Waals surface area contributed by atoms with E-state index in [4.69, 9.17) is 4.74 Å². The largest absolute Gasteiger partial charge is 0.494 e. The first-order valence-corrected chi connectivity index (χ1v) is 7.37. The summed E-state index contributed by atoms with van der Waals surface area (Å²) in [6.07, 6.45) is 4.16. The molecule has 1 aliphatic carbocycles. The third-order valence-electron chi connectivity index (χ3n) is 3.88. The third kappa shape index (κ3) is 3.95. The Labute approximate surface area is 116 Å². The van der Waals surface area contributed by atoms with Crippen molar-refractivity contribution >= 4 is 0 Å². The minimum atomic E-state index is -0.195. The maximum Gasteiger partial charge on any atom is 0.119 e. The van der Waals surface area contributed by atoms with Gasteiger partial charge in [0.2, 0.25) is 0 Å². The summed E-state index contributed by atoms with van der Waals surface area (Å²) < 4.78 is 5.45. The maximum absolute atomic E-state index is 10.00. The van der Waals surface area contributed by atoms with Crippen LogP contribution in [0.3, 0.4) is 0 Å². The molecule has 0 amide bonds. The summed E-state index contributed by atoms with van der Waals surface area (Å²) in [6, 6.07) is 8.70. The van der Waals surface area contributed by atoms with Crippen molar-refractivity contribution < 1.29 is 9.84 Å². The Hall–Kier alpha value is -1.06. The van der Waals surface area contributed by atoms with Crippen LogP contribution in [0.2, 0.25) is 0 Å². The van der Waals surface area contributed by atoms with Gasteiger partial charge >= 0.3 is 0 Å². The molecule has 0 aromatic heterocycles. The van der Waals surface area contributed by atoms with Crippen LogP contribution < -0.4 is 10.1 Å². The monoisotopic (exact) mass is 263 g/mol. The molecule has 3 atom stereocenters. The van der Waals surface area contributed by atoms with E-state index in [-0.39, 0.29) is 18.2 Å². The van der Waals surface area contributed by atoms with Crippen LogP contribution in [0.25, 0.3) is 0 Å². The first-order valence-electron chi connectivity index (χ1n) is 7.37. The van der Waals surface area contributed by atoms with Crippen LogP contribution in [0.5, 0.6) is 5.75 Å². The highest BCUT2D eigenvalue weighted by Gasteiger charge is 2.24. The van der Waals surface area contributed by atoms with Crippen LogP contribution in [-0.4, -0.2) is 23.9 Å². The molecule has 0 saturated heterocycles. The van der Waals surface area contributed by atoms with Gasteiger partial charge in [0, 0.05) is 12.1 Å². The molecule has 3 heteroatoms. The van der Waals surface area contributed by atoms with E-state index >= 15 is 0 Å². The molecule has 0 bridgehead atoms. The molecule has 106 valence electrons. The Morgan fingerprint density at radius 2 is 1.95 bits per heavy atom. The minimum absolute atomic E-state index is 0.195. The lowest BCUT2D eigenvalue weighted by molar-refractivity contribution is 0.0860. The first-order chi connectivity index (χ1) is 9.20. The maximum atomic E-state index is 10.00. The predicted molar refractivity (Wildman–Crippen MR) is 77.4 cm³/mol. The molecule has 1 aliphatic rings.